The number of aromatic nitrogens is 4. The highest BCUT2D eigenvalue weighted by molar-refractivity contribution is 6.31. The molecule has 2 aromatic heterocycles. The number of carbonyl (C=O) groups excluding carboxylic acids is 1. The van der Waals surface area contributed by atoms with E-state index < -0.39 is 0 Å². The second-order valence-electron chi connectivity index (χ2n) is 7.98. The van der Waals surface area contributed by atoms with Crippen molar-refractivity contribution in [1.82, 2.24) is 24.5 Å². The molecule has 33 heavy (non-hydrogen) atoms. The molecular formula is C26H26ClN5O. The van der Waals surface area contributed by atoms with Gasteiger partial charge >= 0.3 is 0 Å². The van der Waals surface area contributed by atoms with Crippen LogP contribution in [0.5, 0.6) is 0 Å². The summed E-state index contributed by atoms with van der Waals surface area (Å²) in [4.78, 5) is 14.4. The first-order valence-corrected chi connectivity index (χ1v) is 11.1. The van der Waals surface area contributed by atoms with E-state index in [1.807, 2.05) is 79.3 Å². The zero-order chi connectivity index (χ0) is 23.4. The van der Waals surface area contributed by atoms with Crippen LogP contribution < -0.4 is 0 Å². The molecule has 4 rings (SSSR count). The molecule has 168 valence electrons. The van der Waals surface area contributed by atoms with Crippen molar-refractivity contribution in [1.29, 1.82) is 0 Å². The molecule has 0 saturated heterocycles. The number of hydrogen-bond donors (Lipinski definition) is 0. The first-order valence-electron chi connectivity index (χ1n) is 10.7. The zero-order valence-corrected chi connectivity index (χ0v) is 19.7. The maximum Gasteiger partial charge on any atom is 0.246 e. The molecule has 0 atom stereocenters. The Morgan fingerprint density at radius 3 is 2.58 bits per heavy atom. The van der Waals surface area contributed by atoms with E-state index in [0.717, 1.165) is 38.8 Å². The van der Waals surface area contributed by atoms with Gasteiger partial charge in [-0.05, 0) is 43.7 Å². The molecule has 0 bridgehead atoms. The molecule has 6 nitrogen and oxygen atoms in total. The van der Waals surface area contributed by atoms with Crippen molar-refractivity contribution >= 4 is 23.6 Å². The van der Waals surface area contributed by atoms with Crippen LogP contribution in [0.25, 0.3) is 11.8 Å². The van der Waals surface area contributed by atoms with Crippen molar-refractivity contribution in [2.24, 2.45) is 0 Å². The van der Waals surface area contributed by atoms with Crippen molar-refractivity contribution in [2.45, 2.75) is 26.9 Å². The van der Waals surface area contributed by atoms with Crippen molar-refractivity contribution < 1.29 is 4.79 Å². The van der Waals surface area contributed by atoms with E-state index in [2.05, 4.69) is 10.2 Å². The molecule has 0 unspecified atom stereocenters. The highest BCUT2D eigenvalue weighted by atomic mass is 35.5. The fourth-order valence-corrected chi connectivity index (χ4v) is 3.85. The van der Waals surface area contributed by atoms with Gasteiger partial charge in [0.25, 0.3) is 0 Å². The predicted octanol–water partition coefficient (Wildman–Crippen LogP) is 5.06. The van der Waals surface area contributed by atoms with Gasteiger partial charge in [0.15, 0.2) is 0 Å². The summed E-state index contributed by atoms with van der Waals surface area (Å²) in [5.41, 5.74) is 5.83. The Bertz CT molecular complexity index is 1290. The van der Waals surface area contributed by atoms with Gasteiger partial charge in [0, 0.05) is 47.7 Å². The molecule has 2 aromatic carbocycles. The molecular weight excluding hydrogens is 434 g/mol. The molecule has 4 aromatic rings. The lowest BCUT2D eigenvalue weighted by Crippen LogP contribution is -2.24. The Hall–Kier alpha value is -3.64. The van der Waals surface area contributed by atoms with Crippen LogP contribution in [-0.2, 0) is 17.9 Å². The third kappa shape index (κ3) is 5.23. The number of rotatable bonds is 7. The average molecular weight is 460 g/mol. The lowest BCUT2D eigenvalue weighted by molar-refractivity contribution is -0.125. The van der Waals surface area contributed by atoms with Crippen LogP contribution in [0.2, 0.25) is 5.02 Å². The second-order valence-corrected chi connectivity index (χ2v) is 8.39. The number of amides is 1. The first kappa shape index (κ1) is 22.6. The van der Waals surface area contributed by atoms with Crippen LogP contribution in [0.4, 0.5) is 0 Å². The van der Waals surface area contributed by atoms with Gasteiger partial charge in [0.2, 0.25) is 5.91 Å². The van der Waals surface area contributed by atoms with Gasteiger partial charge in [0.1, 0.15) is 0 Å². The van der Waals surface area contributed by atoms with Gasteiger partial charge in [-0.25, -0.2) is 4.68 Å². The molecule has 0 fully saturated rings. The molecule has 0 N–H and O–H groups in total. The maximum absolute atomic E-state index is 12.7. The Balaban J connectivity index is 1.42. The number of likely N-dealkylation sites (N-methyl/N-ethyl adjacent to an activating group) is 1. The highest BCUT2D eigenvalue weighted by Crippen LogP contribution is 2.20. The monoisotopic (exact) mass is 459 g/mol. The SMILES string of the molecule is Cc1nn(Cc2ccccc2Cl)c(C)c1CN(C)C(=O)C=Cc1cnn(-c2ccccc2)c1. The van der Waals surface area contributed by atoms with Crippen LogP contribution in [0.15, 0.2) is 73.1 Å². The van der Waals surface area contributed by atoms with Gasteiger partial charge in [0.05, 0.1) is 24.1 Å². The number of nitrogens with zero attached hydrogens (tertiary/aromatic N) is 5. The Morgan fingerprint density at radius 2 is 1.82 bits per heavy atom. The highest BCUT2D eigenvalue weighted by Gasteiger charge is 2.16. The maximum atomic E-state index is 12.7. The van der Waals surface area contributed by atoms with E-state index in [-0.39, 0.29) is 5.91 Å². The minimum atomic E-state index is -0.0832. The summed E-state index contributed by atoms with van der Waals surface area (Å²) in [5.74, 6) is -0.0832. The fraction of sp³-hybridized carbons (Fsp3) is 0.192. The van der Waals surface area contributed by atoms with Crippen molar-refractivity contribution in [3.05, 3.63) is 106 Å². The Kier molecular flexibility index (Phi) is 6.75. The molecule has 0 aliphatic heterocycles. The zero-order valence-electron chi connectivity index (χ0n) is 18.9. The van der Waals surface area contributed by atoms with Crippen LogP contribution in [0.1, 0.15) is 28.1 Å². The van der Waals surface area contributed by atoms with Crippen LogP contribution >= 0.6 is 11.6 Å². The third-order valence-corrected chi connectivity index (χ3v) is 5.99. The van der Waals surface area contributed by atoms with Crippen LogP contribution in [-0.4, -0.2) is 37.4 Å². The molecule has 0 aliphatic rings. The summed E-state index contributed by atoms with van der Waals surface area (Å²) in [7, 11) is 1.80. The van der Waals surface area contributed by atoms with E-state index in [1.54, 1.807) is 35.0 Å². The molecule has 1 amide bonds. The first-order chi connectivity index (χ1) is 15.9. The number of benzene rings is 2. The number of carbonyl (C=O) groups is 1. The molecule has 0 radical (unpaired) electrons. The summed E-state index contributed by atoms with van der Waals surface area (Å²) in [6, 6.07) is 17.6. The standard InChI is InChI=1S/C26H26ClN5O/c1-19-24(20(2)31(29-19)17-22-9-7-8-12-25(22)27)18-30(3)26(33)14-13-21-15-28-32(16-21)23-10-5-4-6-11-23/h4-16H,17-18H2,1-3H3. The quantitative estimate of drug-likeness (QED) is 0.363. The molecule has 0 spiro atoms. The second kappa shape index (κ2) is 9.88. The van der Waals surface area contributed by atoms with E-state index >= 15 is 0 Å². The minimum Gasteiger partial charge on any atom is -0.338 e. The average Bonchev–Trinajstić information content (AvgIpc) is 3.40. The molecule has 2 heterocycles. The summed E-state index contributed by atoms with van der Waals surface area (Å²) in [6.45, 7) is 5.07. The van der Waals surface area contributed by atoms with Crippen molar-refractivity contribution in [3.8, 4) is 5.69 Å². The molecule has 0 aliphatic carbocycles. The smallest absolute Gasteiger partial charge is 0.246 e. The van der Waals surface area contributed by atoms with Crippen molar-refractivity contribution in [2.75, 3.05) is 7.05 Å². The molecule has 7 heteroatoms. The summed E-state index contributed by atoms with van der Waals surface area (Å²) in [5, 5.41) is 9.76. The largest absolute Gasteiger partial charge is 0.338 e. The van der Waals surface area contributed by atoms with Crippen LogP contribution in [0, 0.1) is 13.8 Å². The molecule has 0 saturated carbocycles. The number of hydrogen-bond acceptors (Lipinski definition) is 3. The number of halogens is 1. The van der Waals surface area contributed by atoms with Gasteiger partial charge in [-0.1, -0.05) is 48.0 Å². The van der Waals surface area contributed by atoms with Crippen molar-refractivity contribution in [3.63, 3.8) is 0 Å². The van der Waals surface area contributed by atoms with E-state index in [4.69, 9.17) is 11.6 Å². The van der Waals surface area contributed by atoms with Gasteiger partial charge in [-0.2, -0.15) is 10.2 Å². The van der Waals surface area contributed by atoms with Crippen LogP contribution in [0.3, 0.4) is 0 Å². The summed E-state index contributed by atoms with van der Waals surface area (Å²) in [6.07, 6.45) is 6.99. The van der Waals surface area contributed by atoms with Gasteiger partial charge in [-0.15, -0.1) is 0 Å². The lowest BCUT2D eigenvalue weighted by atomic mass is 10.1. The number of para-hydroxylation sites is 1. The summed E-state index contributed by atoms with van der Waals surface area (Å²) < 4.78 is 3.73. The number of aryl methyl sites for hydroxylation is 1. The van der Waals surface area contributed by atoms with Gasteiger partial charge in [-0.3, -0.25) is 9.48 Å². The fourth-order valence-electron chi connectivity index (χ4n) is 3.66. The Morgan fingerprint density at radius 1 is 1.09 bits per heavy atom. The third-order valence-electron chi connectivity index (χ3n) is 5.62. The van der Waals surface area contributed by atoms with E-state index in [1.165, 1.54) is 0 Å². The predicted molar refractivity (Wildman–Crippen MR) is 131 cm³/mol. The minimum absolute atomic E-state index is 0.0832. The Labute approximate surface area is 198 Å². The summed E-state index contributed by atoms with van der Waals surface area (Å²) >= 11 is 6.31. The lowest BCUT2D eigenvalue weighted by Gasteiger charge is -2.15. The van der Waals surface area contributed by atoms with E-state index in [9.17, 15) is 4.79 Å². The topological polar surface area (TPSA) is 56.0 Å². The van der Waals surface area contributed by atoms with Gasteiger partial charge < -0.3 is 4.90 Å². The normalized spacial score (nSPS) is 11.3. The van der Waals surface area contributed by atoms with E-state index in [0.29, 0.717) is 13.1 Å².